The average molecular weight is 424 g/mol. The van der Waals surface area contributed by atoms with Crippen LogP contribution in [0.5, 0.6) is 0 Å². The van der Waals surface area contributed by atoms with E-state index in [2.05, 4.69) is 5.10 Å². The molecule has 0 radical (unpaired) electrons. The van der Waals surface area contributed by atoms with Crippen molar-refractivity contribution in [2.45, 2.75) is 8.81 Å². The molecule has 0 aliphatic heterocycles. The minimum atomic E-state index is -2.72. The zero-order valence-corrected chi connectivity index (χ0v) is 14.8. The third-order valence-electron chi connectivity index (χ3n) is 2.36. The number of nitrogens with zero attached hydrogens (tertiary/aromatic N) is 2. The van der Waals surface area contributed by atoms with Crippen LogP contribution in [0, 0.1) is 0 Å². The van der Waals surface area contributed by atoms with E-state index in [-0.39, 0.29) is 43.1 Å². The maximum Gasteiger partial charge on any atom is 0.355 e. The summed E-state index contributed by atoms with van der Waals surface area (Å²) in [6.45, 7) is 0. The van der Waals surface area contributed by atoms with Gasteiger partial charge in [0.1, 0.15) is 5.69 Å². The van der Waals surface area contributed by atoms with E-state index in [1.54, 1.807) is 0 Å². The molecule has 1 heterocycles. The fourth-order valence-electron chi connectivity index (χ4n) is 1.64. The molecule has 0 amide bonds. The van der Waals surface area contributed by atoms with E-state index in [0.717, 1.165) is 10.9 Å². The van der Waals surface area contributed by atoms with Crippen LogP contribution < -0.4 is 0 Å². The van der Waals surface area contributed by atoms with Gasteiger partial charge in [-0.05, 0) is 23.9 Å². The molecule has 0 bridgehead atoms. The Morgan fingerprint density at radius 3 is 2.27 bits per heavy atom. The largest absolute Gasteiger partial charge is 0.476 e. The molecule has 0 saturated heterocycles. The number of rotatable bonds is 4. The fourth-order valence-corrected chi connectivity index (χ4v) is 3.73. The van der Waals surface area contributed by atoms with E-state index in [0.29, 0.717) is 0 Å². The number of carboxylic acids is 1. The van der Waals surface area contributed by atoms with Crippen LogP contribution in [0.25, 0.3) is 5.69 Å². The first-order valence-electron chi connectivity index (χ1n) is 5.32. The Bertz CT molecular complexity index is 724. The van der Waals surface area contributed by atoms with Crippen LogP contribution in [-0.4, -0.2) is 24.8 Å². The number of aromatic nitrogens is 2. The Morgan fingerprint density at radius 2 is 1.82 bits per heavy atom. The van der Waals surface area contributed by atoms with Crippen LogP contribution in [0.1, 0.15) is 10.5 Å². The second-order valence-corrected chi connectivity index (χ2v) is 7.98. The summed E-state index contributed by atoms with van der Waals surface area (Å²) in [5.74, 6) is -1.39. The van der Waals surface area contributed by atoms with Crippen molar-refractivity contribution in [1.29, 1.82) is 0 Å². The first kappa shape index (κ1) is 18.0. The molecule has 2 aromatic rings. The van der Waals surface area contributed by atoms with Crippen molar-refractivity contribution in [3.63, 3.8) is 0 Å². The standard InChI is InChI=1S/C11H4Cl5FN2O2S/c12-4-1-5(13)8(6(14)2-4)19-9(10(20)21)7(3-18-19)22-11(15,16)17/h1-3H,(H,20,21). The number of carboxylic acid groups (broad SMARTS) is 1. The molecule has 1 aromatic carbocycles. The number of halogens is 6. The highest BCUT2D eigenvalue weighted by atomic mass is 35.5. The van der Waals surface area contributed by atoms with Gasteiger partial charge >= 0.3 is 9.89 Å². The highest BCUT2D eigenvalue weighted by molar-refractivity contribution is 8.03. The van der Waals surface area contributed by atoms with Crippen LogP contribution in [-0.2, 0) is 0 Å². The zero-order valence-electron chi connectivity index (χ0n) is 10.2. The summed E-state index contributed by atoms with van der Waals surface area (Å²) in [7, 11) is 0. The Hall–Kier alpha value is -0.370. The van der Waals surface area contributed by atoms with E-state index in [4.69, 9.17) is 58.0 Å². The normalized spacial score (nSPS) is 11.7. The zero-order chi connectivity index (χ0) is 16.7. The molecule has 4 nitrogen and oxygen atoms in total. The molecule has 0 spiro atoms. The molecule has 1 N–H and O–H groups in total. The number of aromatic carboxylic acids is 1. The van der Waals surface area contributed by atoms with Gasteiger partial charge in [-0.2, -0.15) is 9.49 Å². The first-order valence-corrected chi connectivity index (χ1v) is 8.02. The molecule has 0 fully saturated rings. The van der Waals surface area contributed by atoms with E-state index < -0.39 is 9.89 Å². The van der Waals surface area contributed by atoms with Crippen LogP contribution >= 0.6 is 69.8 Å². The van der Waals surface area contributed by atoms with E-state index in [1.165, 1.54) is 12.1 Å². The Kier molecular flexibility index (Phi) is 5.42. The topological polar surface area (TPSA) is 55.1 Å². The molecule has 0 unspecified atom stereocenters. The van der Waals surface area contributed by atoms with Crippen LogP contribution in [0.3, 0.4) is 0 Å². The molecule has 0 atom stereocenters. The van der Waals surface area contributed by atoms with Crippen molar-refractivity contribution in [3.05, 3.63) is 39.1 Å². The minimum absolute atomic E-state index is 0.0721. The van der Waals surface area contributed by atoms with Gasteiger partial charge in [0.2, 0.25) is 0 Å². The monoisotopic (exact) mass is 422 g/mol. The van der Waals surface area contributed by atoms with Gasteiger partial charge in [0.25, 0.3) is 0 Å². The van der Waals surface area contributed by atoms with E-state index >= 15 is 0 Å². The summed E-state index contributed by atoms with van der Waals surface area (Å²) >= 11 is 28.6. The van der Waals surface area contributed by atoms with Crippen LogP contribution in [0.4, 0.5) is 4.39 Å². The first-order chi connectivity index (χ1) is 10.1. The Labute approximate surface area is 153 Å². The minimum Gasteiger partial charge on any atom is -0.476 e. The number of benzene rings is 1. The highest BCUT2D eigenvalue weighted by Crippen LogP contribution is 2.43. The molecule has 0 aliphatic carbocycles. The van der Waals surface area contributed by atoms with Gasteiger partial charge in [0, 0.05) is 5.02 Å². The summed E-state index contributed by atoms with van der Waals surface area (Å²) in [5.41, 5.74) is -0.301. The maximum absolute atomic E-state index is 13.3. The fraction of sp³-hybridized carbons (Fsp3) is 0.0909. The van der Waals surface area contributed by atoms with Crippen molar-refractivity contribution < 1.29 is 14.3 Å². The molecular weight excluding hydrogens is 420 g/mol. The summed E-state index contributed by atoms with van der Waals surface area (Å²) in [6, 6.07) is 2.74. The Morgan fingerprint density at radius 1 is 1.27 bits per heavy atom. The van der Waals surface area contributed by atoms with Gasteiger partial charge in [-0.15, -0.1) is 0 Å². The Balaban J connectivity index is 2.65. The third kappa shape index (κ3) is 3.93. The van der Waals surface area contributed by atoms with Gasteiger partial charge in [-0.3, -0.25) is 0 Å². The van der Waals surface area contributed by atoms with Crippen molar-refractivity contribution in [3.8, 4) is 5.69 Å². The molecule has 2 rings (SSSR count). The van der Waals surface area contributed by atoms with Crippen molar-refractivity contribution >= 4 is 75.7 Å². The molecule has 118 valence electrons. The van der Waals surface area contributed by atoms with Crippen molar-refractivity contribution in [2.75, 3.05) is 0 Å². The van der Waals surface area contributed by atoms with E-state index in [1.807, 2.05) is 0 Å². The predicted molar refractivity (Wildman–Crippen MR) is 87.0 cm³/mol. The lowest BCUT2D eigenvalue weighted by Crippen LogP contribution is -2.11. The predicted octanol–water partition coefficient (Wildman–Crippen LogP) is 5.68. The molecular formula is C11H4Cl5FN2O2S. The van der Waals surface area contributed by atoms with Crippen molar-refractivity contribution in [2.24, 2.45) is 0 Å². The second kappa shape index (κ2) is 6.63. The smallest absolute Gasteiger partial charge is 0.355 e. The summed E-state index contributed by atoms with van der Waals surface area (Å²) < 4.78 is 11.6. The lowest BCUT2D eigenvalue weighted by molar-refractivity contribution is 0.0683. The lowest BCUT2D eigenvalue weighted by atomic mass is 10.3. The second-order valence-electron chi connectivity index (χ2n) is 3.84. The van der Waals surface area contributed by atoms with Gasteiger partial charge in [0.05, 0.1) is 21.1 Å². The number of carbonyl (C=O) groups is 1. The van der Waals surface area contributed by atoms with Crippen molar-refractivity contribution in [1.82, 2.24) is 9.78 Å². The number of alkyl halides is 3. The van der Waals surface area contributed by atoms with Gasteiger partial charge in [-0.25, -0.2) is 9.48 Å². The molecule has 1 aromatic heterocycles. The van der Waals surface area contributed by atoms with Crippen LogP contribution in [0.15, 0.2) is 23.2 Å². The molecule has 11 heteroatoms. The van der Waals surface area contributed by atoms with E-state index in [9.17, 15) is 14.3 Å². The maximum atomic E-state index is 13.3. The SMILES string of the molecule is O=C(O)c1c(SC(F)(Cl)Cl)cnn1-c1c(Cl)cc(Cl)cc1Cl. The number of hydrogen-bond donors (Lipinski definition) is 1. The molecule has 0 aliphatic rings. The summed E-state index contributed by atoms with van der Waals surface area (Å²) in [6.07, 6.45) is 1.09. The van der Waals surface area contributed by atoms with Gasteiger partial charge in [0.15, 0.2) is 5.69 Å². The quantitative estimate of drug-likeness (QED) is 0.507. The molecule has 22 heavy (non-hydrogen) atoms. The number of thioether (sulfide) groups is 1. The van der Waals surface area contributed by atoms with Gasteiger partial charge < -0.3 is 5.11 Å². The lowest BCUT2D eigenvalue weighted by Gasteiger charge is -2.11. The van der Waals surface area contributed by atoms with Crippen LogP contribution in [0.2, 0.25) is 15.1 Å². The highest BCUT2D eigenvalue weighted by Gasteiger charge is 2.30. The average Bonchev–Trinajstić information content (AvgIpc) is 2.68. The molecule has 0 saturated carbocycles. The summed E-state index contributed by atoms with van der Waals surface area (Å²) in [4.78, 5) is 11.4. The van der Waals surface area contributed by atoms with Gasteiger partial charge in [-0.1, -0.05) is 58.0 Å². The third-order valence-corrected chi connectivity index (χ3v) is 4.36. The summed E-state index contributed by atoms with van der Waals surface area (Å²) in [5, 5.41) is 13.6. The number of hydrogen-bond acceptors (Lipinski definition) is 3.